The molecule has 0 amide bonds. The monoisotopic (exact) mass is 243 g/mol. The smallest absolute Gasteiger partial charge is 0.373 e. The summed E-state index contributed by atoms with van der Waals surface area (Å²) in [5, 5.41) is 0. The van der Waals surface area contributed by atoms with Gasteiger partial charge in [-0.25, -0.2) is 0 Å². The molecule has 0 radical (unpaired) electrons. The standard InChI is InChI=1S/C11H21NO2.CO2/c1-11(2,3)14-10(13)9-5-7-12(4)8-6-9;2-1-3/h9H,5-8H2,1-4H3;. The Morgan fingerprint density at radius 2 is 1.65 bits per heavy atom. The number of rotatable bonds is 1. The fourth-order valence-electron chi connectivity index (χ4n) is 1.63. The first-order valence-corrected chi connectivity index (χ1v) is 5.71. The quantitative estimate of drug-likeness (QED) is 0.645. The van der Waals surface area contributed by atoms with Gasteiger partial charge in [0.25, 0.3) is 0 Å². The van der Waals surface area contributed by atoms with Gasteiger partial charge in [-0.3, -0.25) is 4.79 Å². The van der Waals surface area contributed by atoms with Crippen molar-refractivity contribution in [1.29, 1.82) is 0 Å². The summed E-state index contributed by atoms with van der Waals surface area (Å²) in [4.78, 5) is 30.2. The lowest BCUT2D eigenvalue weighted by Gasteiger charge is -2.30. The number of nitrogens with zero attached hydrogens (tertiary/aromatic N) is 1. The molecule has 1 fully saturated rings. The van der Waals surface area contributed by atoms with Gasteiger partial charge in [0.15, 0.2) is 0 Å². The molecule has 0 saturated carbocycles. The summed E-state index contributed by atoms with van der Waals surface area (Å²) in [6.45, 7) is 7.76. The number of likely N-dealkylation sites (tertiary alicyclic amines) is 1. The van der Waals surface area contributed by atoms with Crippen molar-refractivity contribution in [2.75, 3.05) is 20.1 Å². The van der Waals surface area contributed by atoms with E-state index in [1.807, 2.05) is 20.8 Å². The molecule has 98 valence electrons. The van der Waals surface area contributed by atoms with E-state index in [9.17, 15) is 4.79 Å². The number of esters is 1. The van der Waals surface area contributed by atoms with Crippen molar-refractivity contribution >= 4 is 12.1 Å². The highest BCUT2D eigenvalue weighted by atomic mass is 16.6. The molecule has 0 aromatic rings. The molecular weight excluding hydrogens is 222 g/mol. The Morgan fingerprint density at radius 1 is 1.24 bits per heavy atom. The third-order valence-corrected chi connectivity index (χ3v) is 2.46. The SMILES string of the molecule is CN1CCC(C(=O)OC(C)(C)C)CC1.O=C=O. The number of hydrogen-bond acceptors (Lipinski definition) is 5. The Labute approximate surface area is 102 Å². The van der Waals surface area contributed by atoms with E-state index < -0.39 is 0 Å². The maximum absolute atomic E-state index is 11.7. The number of carbonyl (C=O) groups is 1. The topological polar surface area (TPSA) is 63.7 Å². The summed E-state index contributed by atoms with van der Waals surface area (Å²) in [5.41, 5.74) is -0.347. The minimum absolute atomic E-state index is 0.0226. The van der Waals surface area contributed by atoms with Crippen molar-refractivity contribution in [3.8, 4) is 0 Å². The maximum atomic E-state index is 11.7. The first-order valence-electron chi connectivity index (χ1n) is 5.71. The lowest BCUT2D eigenvalue weighted by Crippen LogP contribution is -2.36. The van der Waals surface area contributed by atoms with Crippen LogP contribution in [0, 0.1) is 5.92 Å². The molecule has 5 nitrogen and oxygen atoms in total. The van der Waals surface area contributed by atoms with Gasteiger partial charge >= 0.3 is 12.1 Å². The fraction of sp³-hybridized carbons (Fsp3) is 0.833. The molecule has 0 aromatic heterocycles. The number of hydrogen-bond donors (Lipinski definition) is 0. The molecule has 0 aliphatic carbocycles. The maximum Gasteiger partial charge on any atom is 0.373 e. The van der Waals surface area contributed by atoms with Crippen molar-refractivity contribution in [2.45, 2.75) is 39.2 Å². The van der Waals surface area contributed by atoms with Crippen LogP contribution in [0.5, 0.6) is 0 Å². The summed E-state index contributed by atoms with van der Waals surface area (Å²) in [6, 6.07) is 0. The van der Waals surface area contributed by atoms with Crippen LogP contribution in [0.4, 0.5) is 0 Å². The average Bonchev–Trinajstić information content (AvgIpc) is 2.17. The second-order valence-electron chi connectivity index (χ2n) is 5.19. The lowest BCUT2D eigenvalue weighted by molar-refractivity contribution is -0.191. The summed E-state index contributed by atoms with van der Waals surface area (Å²) in [5.74, 6) is 0.0935. The zero-order valence-electron chi connectivity index (χ0n) is 11.0. The number of piperidine rings is 1. The van der Waals surface area contributed by atoms with E-state index in [0.29, 0.717) is 0 Å². The predicted octanol–water partition coefficient (Wildman–Crippen LogP) is 1.09. The van der Waals surface area contributed by atoms with Crippen molar-refractivity contribution < 1.29 is 19.1 Å². The Balaban J connectivity index is 0.000000770. The van der Waals surface area contributed by atoms with Gasteiger partial charge < -0.3 is 9.64 Å². The van der Waals surface area contributed by atoms with E-state index in [1.165, 1.54) is 0 Å². The first-order chi connectivity index (χ1) is 7.80. The molecule has 1 aliphatic rings. The number of carbonyl (C=O) groups excluding carboxylic acids is 3. The van der Waals surface area contributed by atoms with Crippen LogP contribution in [0.15, 0.2) is 0 Å². The van der Waals surface area contributed by atoms with E-state index in [2.05, 4.69) is 11.9 Å². The van der Waals surface area contributed by atoms with E-state index in [4.69, 9.17) is 14.3 Å². The zero-order chi connectivity index (χ0) is 13.5. The van der Waals surface area contributed by atoms with Crippen LogP contribution in [0.1, 0.15) is 33.6 Å². The Morgan fingerprint density at radius 3 is 2.00 bits per heavy atom. The van der Waals surface area contributed by atoms with Crippen LogP contribution in [-0.2, 0) is 19.1 Å². The van der Waals surface area contributed by atoms with Gasteiger partial charge in [0.1, 0.15) is 5.60 Å². The van der Waals surface area contributed by atoms with Crippen LogP contribution >= 0.6 is 0 Å². The molecule has 17 heavy (non-hydrogen) atoms. The van der Waals surface area contributed by atoms with Gasteiger partial charge in [0, 0.05) is 0 Å². The third kappa shape index (κ3) is 7.66. The molecule has 1 saturated heterocycles. The van der Waals surface area contributed by atoms with Crippen molar-refractivity contribution in [3.05, 3.63) is 0 Å². The summed E-state index contributed by atoms with van der Waals surface area (Å²) in [7, 11) is 2.09. The van der Waals surface area contributed by atoms with E-state index in [1.54, 1.807) is 0 Å². The second-order valence-corrected chi connectivity index (χ2v) is 5.19. The van der Waals surface area contributed by atoms with E-state index >= 15 is 0 Å². The van der Waals surface area contributed by atoms with Gasteiger partial charge in [-0.05, 0) is 53.8 Å². The highest BCUT2D eigenvalue weighted by molar-refractivity contribution is 5.73. The Kier molecular flexibility index (Phi) is 6.69. The van der Waals surface area contributed by atoms with Crippen molar-refractivity contribution in [3.63, 3.8) is 0 Å². The largest absolute Gasteiger partial charge is 0.460 e. The highest BCUT2D eigenvalue weighted by Crippen LogP contribution is 2.20. The first kappa shape index (κ1) is 15.8. The van der Waals surface area contributed by atoms with Crippen molar-refractivity contribution in [2.24, 2.45) is 5.92 Å². The predicted molar refractivity (Wildman–Crippen MR) is 61.1 cm³/mol. The molecule has 0 bridgehead atoms. The van der Waals surface area contributed by atoms with Gasteiger partial charge in [0.05, 0.1) is 5.92 Å². The molecule has 1 aliphatic heterocycles. The summed E-state index contributed by atoms with van der Waals surface area (Å²) >= 11 is 0. The Bertz CT molecular complexity index is 269. The minimum Gasteiger partial charge on any atom is -0.460 e. The Hall–Kier alpha value is -1.19. The van der Waals surface area contributed by atoms with Crippen LogP contribution < -0.4 is 0 Å². The third-order valence-electron chi connectivity index (χ3n) is 2.46. The van der Waals surface area contributed by atoms with Gasteiger partial charge in [-0.2, -0.15) is 9.59 Å². The molecular formula is C12H21NO4. The number of ether oxygens (including phenoxy) is 1. The molecule has 0 spiro atoms. The van der Waals surface area contributed by atoms with E-state index in [0.717, 1.165) is 25.9 Å². The van der Waals surface area contributed by atoms with Crippen LogP contribution in [0.2, 0.25) is 0 Å². The second kappa shape index (κ2) is 7.20. The van der Waals surface area contributed by atoms with Gasteiger partial charge in [-0.1, -0.05) is 0 Å². The van der Waals surface area contributed by atoms with Crippen LogP contribution in [-0.4, -0.2) is 42.8 Å². The van der Waals surface area contributed by atoms with Gasteiger partial charge in [0.2, 0.25) is 0 Å². The minimum atomic E-state index is -0.347. The zero-order valence-corrected chi connectivity index (χ0v) is 11.0. The van der Waals surface area contributed by atoms with Crippen molar-refractivity contribution in [1.82, 2.24) is 4.90 Å². The molecule has 0 atom stereocenters. The summed E-state index contributed by atoms with van der Waals surface area (Å²) in [6.07, 6.45) is 2.12. The average molecular weight is 243 g/mol. The van der Waals surface area contributed by atoms with Crippen LogP contribution in [0.25, 0.3) is 0 Å². The summed E-state index contributed by atoms with van der Waals surface area (Å²) < 4.78 is 5.35. The highest BCUT2D eigenvalue weighted by Gasteiger charge is 2.27. The molecule has 5 heteroatoms. The van der Waals surface area contributed by atoms with E-state index in [-0.39, 0.29) is 23.6 Å². The molecule has 0 aromatic carbocycles. The molecule has 1 heterocycles. The molecule has 0 N–H and O–H groups in total. The fourth-order valence-corrected chi connectivity index (χ4v) is 1.63. The molecule has 1 rings (SSSR count). The van der Waals surface area contributed by atoms with Gasteiger partial charge in [-0.15, -0.1) is 0 Å². The molecule has 0 unspecified atom stereocenters. The normalized spacial score (nSPS) is 17.6. The lowest BCUT2D eigenvalue weighted by atomic mass is 9.97. The van der Waals surface area contributed by atoms with Crippen LogP contribution in [0.3, 0.4) is 0 Å².